The SMILES string of the molecule is C=C(CCC(COc1ccccc1)OC(=O)C(=C)CCCCOc1cccc(C(C)(C)C)c1O)C(=O)O. The van der Waals surface area contributed by atoms with E-state index in [1.54, 1.807) is 18.2 Å². The van der Waals surface area contributed by atoms with Gasteiger partial charge in [-0.1, -0.05) is 64.3 Å². The molecular weight excluding hydrogens is 472 g/mol. The lowest BCUT2D eigenvalue weighted by atomic mass is 9.86. The molecule has 0 bridgehead atoms. The second-order valence-corrected chi connectivity index (χ2v) is 9.91. The molecule has 0 spiro atoms. The van der Waals surface area contributed by atoms with Gasteiger partial charge < -0.3 is 24.4 Å². The highest BCUT2D eigenvalue weighted by Crippen LogP contribution is 2.37. The van der Waals surface area contributed by atoms with E-state index < -0.39 is 18.0 Å². The van der Waals surface area contributed by atoms with Gasteiger partial charge in [-0.2, -0.15) is 0 Å². The Morgan fingerprint density at radius 1 is 0.919 bits per heavy atom. The predicted molar refractivity (Wildman–Crippen MR) is 143 cm³/mol. The molecule has 0 aliphatic carbocycles. The Balaban J connectivity index is 1.82. The number of carboxylic acid groups (broad SMARTS) is 1. The zero-order valence-electron chi connectivity index (χ0n) is 22.0. The summed E-state index contributed by atoms with van der Waals surface area (Å²) in [4.78, 5) is 23.7. The topological polar surface area (TPSA) is 102 Å². The van der Waals surface area contributed by atoms with Crippen LogP contribution in [0, 0.1) is 0 Å². The van der Waals surface area contributed by atoms with E-state index >= 15 is 0 Å². The van der Waals surface area contributed by atoms with E-state index in [4.69, 9.17) is 19.3 Å². The molecule has 0 aromatic heterocycles. The van der Waals surface area contributed by atoms with Crippen LogP contribution in [0.4, 0.5) is 0 Å². The molecule has 37 heavy (non-hydrogen) atoms. The van der Waals surface area contributed by atoms with Crippen LogP contribution < -0.4 is 9.47 Å². The number of benzene rings is 2. The molecule has 0 fully saturated rings. The molecule has 0 saturated heterocycles. The summed E-state index contributed by atoms with van der Waals surface area (Å²) < 4.78 is 17.1. The van der Waals surface area contributed by atoms with Crippen molar-refractivity contribution in [2.45, 2.75) is 64.4 Å². The van der Waals surface area contributed by atoms with Crippen molar-refractivity contribution in [2.75, 3.05) is 13.2 Å². The minimum absolute atomic E-state index is 0.0404. The first-order valence-electron chi connectivity index (χ1n) is 12.4. The van der Waals surface area contributed by atoms with Gasteiger partial charge in [-0.05, 0) is 55.7 Å². The quantitative estimate of drug-likeness (QED) is 0.167. The van der Waals surface area contributed by atoms with E-state index in [0.29, 0.717) is 42.9 Å². The van der Waals surface area contributed by atoms with Crippen LogP contribution in [0.3, 0.4) is 0 Å². The zero-order chi connectivity index (χ0) is 27.4. The molecule has 2 aromatic carbocycles. The van der Waals surface area contributed by atoms with Gasteiger partial charge in [-0.15, -0.1) is 0 Å². The molecule has 1 unspecified atom stereocenters. The van der Waals surface area contributed by atoms with Crippen LogP contribution in [0.25, 0.3) is 0 Å². The number of aliphatic carboxylic acids is 1. The molecule has 7 nitrogen and oxygen atoms in total. The average Bonchev–Trinajstić information content (AvgIpc) is 2.85. The highest BCUT2D eigenvalue weighted by atomic mass is 16.6. The van der Waals surface area contributed by atoms with Gasteiger partial charge in [0.25, 0.3) is 0 Å². The number of aromatic hydroxyl groups is 1. The predicted octanol–water partition coefficient (Wildman–Crippen LogP) is 6.21. The summed E-state index contributed by atoms with van der Waals surface area (Å²) in [5.41, 5.74) is 0.976. The summed E-state index contributed by atoms with van der Waals surface area (Å²) in [6.45, 7) is 13.9. The number of phenolic OH excluding ortho intramolecular Hbond substituents is 1. The van der Waals surface area contributed by atoms with Gasteiger partial charge in [0, 0.05) is 16.7 Å². The molecular formula is C30H38O7. The minimum Gasteiger partial charge on any atom is -0.504 e. The van der Waals surface area contributed by atoms with Crippen LogP contribution in [0.15, 0.2) is 72.8 Å². The van der Waals surface area contributed by atoms with E-state index in [1.165, 1.54) is 0 Å². The summed E-state index contributed by atoms with van der Waals surface area (Å²) in [7, 11) is 0. The Morgan fingerprint density at radius 2 is 1.62 bits per heavy atom. The van der Waals surface area contributed by atoms with Crippen LogP contribution >= 0.6 is 0 Å². The molecule has 0 heterocycles. The van der Waals surface area contributed by atoms with Gasteiger partial charge >= 0.3 is 11.9 Å². The van der Waals surface area contributed by atoms with Crippen molar-refractivity contribution in [1.82, 2.24) is 0 Å². The molecule has 1 atom stereocenters. The Hall–Kier alpha value is -3.74. The van der Waals surface area contributed by atoms with E-state index in [-0.39, 0.29) is 36.2 Å². The fourth-order valence-corrected chi connectivity index (χ4v) is 3.53. The third-order valence-electron chi connectivity index (χ3n) is 5.75. The number of carbonyl (C=O) groups excluding carboxylic acids is 1. The van der Waals surface area contributed by atoms with E-state index in [0.717, 1.165) is 5.56 Å². The molecule has 7 heteroatoms. The second kappa shape index (κ2) is 14.1. The van der Waals surface area contributed by atoms with Gasteiger partial charge in [-0.3, -0.25) is 0 Å². The third-order valence-corrected chi connectivity index (χ3v) is 5.75. The number of para-hydroxylation sites is 2. The summed E-state index contributed by atoms with van der Waals surface area (Å²) in [6, 6.07) is 14.6. The maximum absolute atomic E-state index is 12.6. The number of phenols is 1. The maximum Gasteiger partial charge on any atom is 0.333 e. The van der Waals surface area contributed by atoms with Crippen molar-refractivity contribution < 1.29 is 34.0 Å². The van der Waals surface area contributed by atoms with Gasteiger partial charge in [0.2, 0.25) is 0 Å². The molecule has 0 radical (unpaired) electrons. The minimum atomic E-state index is -1.08. The van der Waals surface area contributed by atoms with Crippen LogP contribution in [0.1, 0.15) is 58.4 Å². The maximum atomic E-state index is 12.6. The molecule has 200 valence electrons. The first kappa shape index (κ1) is 29.5. The summed E-state index contributed by atoms with van der Waals surface area (Å²) >= 11 is 0. The van der Waals surface area contributed by atoms with Gasteiger partial charge in [-0.25, -0.2) is 9.59 Å². The Morgan fingerprint density at radius 3 is 2.27 bits per heavy atom. The molecule has 2 rings (SSSR count). The lowest BCUT2D eigenvalue weighted by Gasteiger charge is -2.21. The Labute approximate surface area is 219 Å². The fraction of sp³-hybridized carbons (Fsp3) is 0.400. The first-order chi connectivity index (χ1) is 17.5. The Bertz CT molecular complexity index is 1070. The van der Waals surface area contributed by atoms with E-state index in [2.05, 4.69) is 13.2 Å². The van der Waals surface area contributed by atoms with Crippen LogP contribution in [0.2, 0.25) is 0 Å². The van der Waals surface area contributed by atoms with Crippen molar-refractivity contribution in [3.8, 4) is 17.2 Å². The second-order valence-electron chi connectivity index (χ2n) is 9.91. The third kappa shape index (κ3) is 10.0. The number of rotatable bonds is 15. The highest BCUT2D eigenvalue weighted by molar-refractivity contribution is 5.88. The molecule has 0 saturated carbocycles. The Kier molecular flexibility index (Phi) is 11.2. The van der Waals surface area contributed by atoms with Gasteiger partial charge in [0.15, 0.2) is 11.5 Å². The van der Waals surface area contributed by atoms with Crippen LogP contribution in [-0.4, -0.2) is 41.5 Å². The summed E-state index contributed by atoms with van der Waals surface area (Å²) in [5.74, 6) is -0.413. The van der Waals surface area contributed by atoms with Crippen molar-refractivity contribution >= 4 is 11.9 Å². The number of ether oxygens (including phenoxy) is 3. The van der Waals surface area contributed by atoms with Crippen molar-refractivity contribution in [2.24, 2.45) is 0 Å². The average molecular weight is 511 g/mol. The number of carbonyl (C=O) groups is 2. The van der Waals surface area contributed by atoms with E-state index in [9.17, 15) is 14.7 Å². The molecule has 0 aliphatic rings. The number of carboxylic acids is 1. The number of hydrogen-bond donors (Lipinski definition) is 2. The molecule has 0 aliphatic heterocycles. The summed E-state index contributed by atoms with van der Waals surface area (Å²) in [5, 5.41) is 19.6. The largest absolute Gasteiger partial charge is 0.504 e. The molecule has 2 N–H and O–H groups in total. The smallest absolute Gasteiger partial charge is 0.333 e. The molecule has 0 amide bonds. The normalized spacial score (nSPS) is 11.9. The number of hydrogen-bond acceptors (Lipinski definition) is 6. The lowest BCUT2D eigenvalue weighted by Crippen LogP contribution is -2.26. The number of unbranched alkanes of at least 4 members (excludes halogenated alkanes) is 1. The van der Waals surface area contributed by atoms with Crippen molar-refractivity contribution in [1.29, 1.82) is 0 Å². The zero-order valence-corrected chi connectivity index (χ0v) is 22.0. The highest BCUT2D eigenvalue weighted by Gasteiger charge is 2.21. The van der Waals surface area contributed by atoms with Crippen molar-refractivity contribution in [3.05, 3.63) is 78.4 Å². The molecule has 2 aromatic rings. The number of esters is 1. The monoisotopic (exact) mass is 510 g/mol. The standard InChI is InChI=1S/C30H38O7/c1-21(28(32)33)17-18-24(20-36-23-13-7-6-8-14-23)37-29(34)22(2)12-9-10-19-35-26-16-11-15-25(27(26)31)30(3,4)5/h6-8,11,13-16,24,31H,1-2,9-10,12,17-20H2,3-5H3,(H,32,33). The van der Waals surface area contributed by atoms with Crippen LogP contribution in [0.5, 0.6) is 17.2 Å². The lowest BCUT2D eigenvalue weighted by molar-refractivity contribution is -0.146. The fourth-order valence-electron chi connectivity index (χ4n) is 3.53. The van der Waals surface area contributed by atoms with E-state index in [1.807, 2.05) is 51.1 Å². The van der Waals surface area contributed by atoms with Gasteiger partial charge in [0.05, 0.1) is 6.61 Å². The summed E-state index contributed by atoms with van der Waals surface area (Å²) in [6.07, 6.45) is 1.51. The van der Waals surface area contributed by atoms with Crippen LogP contribution in [-0.2, 0) is 19.7 Å². The van der Waals surface area contributed by atoms with Crippen molar-refractivity contribution in [3.63, 3.8) is 0 Å². The first-order valence-corrected chi connectivity index (χ1v) is 12.4. The van der Waals surface area contributed by atoms with Gasteiger partial charge in [0.1, 0.15) is 18.5 Å².